The first kappa shape index (κ1) is 40.0. The maximum atomic E-state index is 13.4. The standard InChI is InChI=1S/C28H44N5O9.Li/c1-17(2)24(33-26(38)23(30-18(3)35)14-19-9-11-21(36)12-10-19)27(39)32-22(8-6-7-13-29)25(37)31-20(16-34)15-28(40,41-4)42-5;/h9-12,16-17,20,22-24,36H,6-8,13-15,29H2,1-5H3,(H,30,35)(H,31,37)(H,32,39)(H,33,38);/q-1;+1/t20?,22-,23-,24-;/m0./s1. The average Bonchev–Trinajstić information content (AvgIpc) is 2.94. The van der Waals surface area contributed by atoms with E-state index in [-0.39, 0.29) is 37.5 Å². The summed E-state index contributed by atoms with van der Waals surface area (Å²) in [5.41, 5.74) is 6.24. The van der Waals surface area contributed by atoms with Crippen molar-refractivity contribution in [3.8, 4) is 5.75 Å². The third kappa shape index (κ3) is 14.4. The number of carbonyl (C=O) groups excluding carboxylic acids is 5. The van der Waals surface area contributed by atoms with Crippen molar-refractivity contribution in [1.82, 2.24) is 21.3 Å². The van der Waals surface area contributed by atoms with E-state index in [0.29, 0.717) is 31.2 Å². The Bertz CT molecular complexity index is 1040. The third-order valence-corrected chi connectivity index (χ3v) is 6.48. The number of amides is 4. The molecule has 0 aliphatic rings. The molecular formula is C28H44LiN5O9. The average molecular weight is 602 g/mol. The van der Waals surface area contributed by atoms with E-state index in [1.54, 1.807) is 26.0 Å². The van der Waals surface area contributed by atoms with Gasteiger partial charge in [-0.05, 0) is 49.4 Å². The molecule has 236 valence electrons. The predicted octanol–water partition coefficient (Wildman–Crippen LogP) is -4.42. The molecule has 0 aliphatic carbocycles. The zero-order chi connectivity index (χ0) is 31.9. The number of methoxy groups -OCH3 is 2. The molecule has 43 heavy (non-hydrogen) atoms. The number of benzene rings is 1. The minimum atomic E-state index is -2.37. The second kappa shape index (κ2) is 20.1. The molecule has 0 fully saturated rings. The van der Waals surface area contributed by atoms with Crippen LogP contribution < -0.4 is 51.0 Å². The molecule has 0 spiro atoms. The summed E-state index contributed by atoms with van der Waals surface area (Å²) in [7, 11) is 2.22. The fourth-order valence-electron chi connectivity index (χ4n) is 4.07. The fourth-order valence-corrected chi connectivity index (χ4v) is 4.07. The fraction of sp³-hybridized carbons (Fsp3) is 0.607. The van der Waals surface area contributed by atoms with E-state index in [1.165, 1.54) is 19.1 Å². The molecule has 4 amide bonds. The van der Waals surface area contributed by atoms with Crippen LogP contribution in [0.25, 0.3) is 0 Å². The molecule has 0 heterocycles. The van der Waals surface area contributed by atoms with Gasteiger partial charge in [0.15, 0.2) is 0 Å². The van der Waals surface area contributed by atoms with E-state index in [1.807, 2.05) is 0 Å². The van der Waals surface area contributed by atoms with Crippen LogP contribution in [0.4, 0.5) is 0 Å². The van der Waals surface area contributed by atoms with E-state index < -0.39 is 66.1 Å². The number of unbranched alkanes of at least 4 members (excludes halogenated alkanes) is 1. The van der Waals surface area contributed by atoms with Crippen LogP contribution in [0.2, 0.25) is 0 Å². The Kier molecular flexibility index (Phi) is 18.7. The summed E-state index contributed by atoms with van der Waals surface area (Å²) in [6.07, 6.45) is 1.15. The topological polar surface area (TPSA) is 221 Å². The molecule has 14 nitrogen and oxygen atoms in total. The Hall–Kier alpha value is -2.99. The Labute approximate surface area is 264 Å². The summed E-state index contributed by atoms with van der Waals surface area (Å²) in [4.78, 5) is 63.2. The van der Waals surface area contributed by atoms with Crippen LogP contribution in [0.15, 0.2) is 24.3 Å². The Morgan fingerprint density at radius 3 is 2.02 bits per heavy atom. The number of carbonyl (C=O) groups is 5. The number of hydrogen-bond donors (Lipinski definition) is 6. The van der Waals surface area contributed by atoms with E-state index in [2.05, 4.69) is 21.3 Å². The first-order valence-electron chi connectivity index (χ1n) is 13.7. The first-order chi connectivity index (χ1) is 19.8. The van der Waals surface area contributed by atoms with Gasteiger partial charge in [-0.1, -0.05) is 26.0 Å². The number of phenolic OH excluding ortho intramolecular Hbond substituents is 1. The number of hydrogen-bond acceptors (Lipinski definition) is 10. The van der Waals surface area contributed by atoms with E-state index in [4.69, 9.17) is 15.2 Å². The van der Waals surface area contributed by atoms with Crippen molar-refractivity contribution in [2.75, 3.05) is 20.8 Å². The normalized spacial score (nSPS) is 14.0. The second-order valence-electron chi connectivity index (χ2n) is 10.2. The number of nitrogens with two attached hydrogens (primary N) is 1. The molecule has 1 unspecified atom stereocenters. The Morgan fingerprint density at radius 1 is 0.953 bits per heavy atom. The molecule has 0 aliphatic heterocycles. The van der Waals surface area contributed by atoms with Crippen molar-refractivity contribution in [1.29, 1.82) is 0 Å². The van der Waals surface area contributed by atoms with Gasteiger partial charge in [-0.25, -0.2) is 0 Å². The molecule has 0 saturated heterocycles. The number of aromatic hydroxyl groups is 1. The minimum absolute atomic E-state index is 0. The van der Waals surface area contributed by atoms with Crippen LogP contribution in [0.3, 0.4) is 0 Å². The van der Waals surface area contributed by atoms with Crippen LogP contribution in [-0.2, 0) is 39.9 Å². The molecular weight excluding hydrogens is 557 g/mol. The molecule has 0 aromatic heterocycles. The van der Waals surface area contributed by atoms with E-state index in [9.17, 15) is 34.2 Å². The molecule has 0 saturated carbocycles. The zero-order valence-electron chi connectivity index (χ0n) is 25.8. The first-order valence-corrected chi connectivity index (χ1v) is 13.7. The Balaban J connectivity index is 0.0000176. The van der Waals surface area contributed by atoms with Crippen molar-refractivity contribution in [2.24, 2.45) is 11.7 Å². The van der Waals surface area contributed by atoms with Gasteiger partial charge in [-0.15, -0.1) is 0 Å². The van der Waals surface area contributed by atoms with Gasteiger partial charge in [0, 0.05) is 34.0 Å². The summed E-state index contributed by atoms with van der Waals surface area (Å²) in [6.45, 7) is 5.02. The minimum Gasteiger partial charge on any atom is -0.807 e. The maximum absolute atomic E-state index is 13.4. The quantitative estimate of drug-likeness (QED) is 0.0387. The monoisotopic (exact) mass is 601 g/mol. The number of phenols is 1. The molecule has 1 aromatic rings. The predicted molar refractivity (Wildman–Crippen MR) is 150 cm³/mol. The summed E-state index contributed by atoms with van der Waals surface area (Å²) < 4.78 is 9.47. The van der Waals surface area contributed by atoms with Crippen LogP contribution in [-0.4, -0.2) is 85.9 Å². The van der Waals surface area contributed by atoms with Gasteiger partial charge in [-0.3, -0.25) is 19.2 Å². The van der Waals surface area contributed by atoms with Crippen molar-refractivity contribution < 1.29 is 62.5 Å². The summed E-state index contributed by atoms with van der Waals surface area (Å²) in [5, 5.41) is 32.2. The maximum Gasteiger partial charge on any atom is 1.00 e. The van der Waals surface area contributed by atoms with Gasteiger partial charge in [0.05, 0.1) is 6.04 Å². The smallest absolute Gasteiger partial charge is 0.807 e. The van der Waals surface area contributed by atoms with Crippen LogP contribution in [0, 0.1) is 5.92 Å². The van der Waals surface area contributed by atoms with Crippen molar-refractivity contribution >= 4 is 29.9 Å². The summed E-state index contributed by atoms with van der Waals surface area (Å²) >= 11 is 0. The second-order valence-corrected chi connectivity index (χ2v) is 10.2. The third-order valence-electron chi connectivity index (χ3n) is 6.48. The largest absolute Gasteiger partial charge is 1.00 e. The van der Waals surface area contributed by atoms with Crippen molar-refractivity contribution in [2.45, 2.75) is 83.0 Å². The van der Waals surface area contributed by atoms with Gasteiger partial charge in [0.2, 0.25) is 23.6 Å². The van der Waals surface area contributed by atoms with E-state index >= 15 is 0 Å². The van der Waals surface area contributed by atoms with Gasteiger partial charge >= 0.3 is 18.9 Å². The van der Waals surface area contributed by atoms with Crippen molar-refractivity contribution in [3.63, 3.8) is 0 Å². The van der Waals surface area contributed by atoms with Crippen molar-refractivity contribution in [3.05, 3.63) is 29.8 Å². The zero-order valence-corrected chi connectivity index (χ0v) is 25.8. The molecule has 15 heteroatoms. The van der Waals surface area contributed by atoms with Gasteiger partial charge in [-0.2, -0.15) is 0 Å². The summed E-state index contributed by atoms with van der Waals surface area (Å²) in [5.74, 6) is -5.19. The van der Waals surface area contributed by atoms with Crippen LogP contribution >= 0.6 is 0 Å². The number of ether oxygens (including phenoxy) is 2. The van der Waals surface area contributed by atoms with Gasteiger partial charge in [0.1, 0.15) is 36.1 Å². The molecule has 1 aromatic carbocycles. The molecule has 0 radical (unpaired) electrons. The molecule has 0 bridgehead atoms. The molecule has 7 N–H and O–H groups in total. The Morgan fingerprint density at radius 2 is 1.53 bits per heavy atom. The van der Waals surface area contributed by atoms with Crippen LogP contribution in [0.5, 0.6) is 5.75 Å². The van der Waals surface area contributed by atoms with Crippen LogP contribution in [0.1, 0.15) is 52.0 Å². The van der Waals surface area contributed by atoms with Gasteiger partial charge in [0.25, 0.3) is 0 Å². The summed E-state index contributed by atoms with van der Waals surface area (Å²) in [6, 6.07) is 1.64. The van der Waals surface area contributed by atoms with E-state index in [0.717, 1.165) is 14.2 Å². The number of nitrogens with one attached hydrogen (secondary N) is 4. The molecule has 1 rings (SSSR count). The number of aldehydes is 1. The van der Waals surface area contributed by atoms with Gasteiger partial charge < -0.3 is 51.5 Å². The SMILES string of the molecule is COC([O-])(CC(C=O)NC(=O)[C@H](CCCCN)NC(=O)[C@@H](NC(=O)[C@H](Cc1ccc(O)cc1)NC(C)=O)C(C)C)OC.[Li+]. The number of rotatable bonds is 19. The molecule has 4 atom stereocenters.